The minimum Gasteiger partial charge on any atom is -0.361 e. The van der Waals surface area contributed by atoms with Crippen molar-refractivity contribution in [3.05, 3.63) is 77.5 Å². The number of carbonyl (C=O) groups is 2. The van der Waals surface area contributed by atoms with E-state index in [0.717, 1.165) is 16.5 Å². The number of H-pyrrole nitrogens is 1. The molecule has 0 bridgehead atoms. The van der Waals surface area contributed by atoms with Gasteiger partial charge in [0.1, 0.15) is 5.69 Å². The van der Waals surface area contributed by atoms with Gasteiger partial charge in [0.05, 0.1) is 11.9 Å². The zero-order valence-electron chi connectivity index (χ0n) is 16.1. The number of pyridine rings is 1. The predicted molar refractivity (Wildman–Crippen MR) is 110 cm³/mol. The molecule has 29 heavy (non-hydrogen) atoms. The summed E-state index contributed by atoms with van der Waals surface area (Å²) in [6.45, 7) is 0. The first kappa shape index (κ1) is 18.4. The SMILES string of the molecule is CNC(=O)c1cc(C(=O)Nc2cnn(C)c2)cc(Cc2cccc3[nH]ccc23)n1. The fourth-order valence-corrected chi connectivity index (χ4v) is 3.24. The van der Waals surface area contributed by atoms with Crippen molar-refractivity contribution in [3.8, 4) is 0 Å². The Hall–Kier alpha value is -3.94. The molecular weight excluding hydrogens is 368 g/mol. The van der Waals surface area contributed by atoms with Crippen LogP contribution in [0.5, 0.6) is 0 Å². The summed E-state index contributed by atoms with van der Waals surface area (Å²) in [5, 5.41) is 10.5. The van der Waals surface area contributed by atoms with E-state index >= 15 is 0 Å². The van der Waals surface area contributed by atoms with Crippen molar-refractivity contribution in [2.45, 2.75) is 6.42 Å². The van der Waals surface area contributed by atoms with Crippen LogP contribution in [0.2, 0.25) is 0 Å². The fraction of sp³-hybridized carbons (Fsp3) is 0.143. The summed E-state index contributed by atoms with van der Waals surface area (Å²) in [5.74, 6) is -0.672. The van der Waals surface area contributed by atoms with Crippen molar-refractivity contribution < 1.29 is 9.59 Å². The average Bonchev–Trinajstić information content (AvgIpc) is 3.36. The van der Waals surface area contributed by atoms with Gasteiger partial charge in [0.25, 0.3) is 11.8 Å². The number of aromatic nitrogens is 4. The van der Waals surface area contributed by atoms with Crippen molar-refractivity contribution in [3.63, 3.8) is 0 Å². The Balaban J connectivity index is 1.69. The highest BCUT2D eigenvalue weighted by Crippen LogP contribution is 2.21. The zero-order chi connectivity index (χ0) is 20.4. The summed E-state index contributed by atoms with van der Waals surface area (Å²) in [7, 11) is 3.30. The second-order valence-electron chi connectivity index (χ2n) is 6.70. The summed E-state index contributed by atoms with van der Waals surface area (Å²) in [4.78, 5) is 32.6. The third-order valence-corrected chi connectivity index (χ3v) is 4.62. The number of anilines is 1. The van der Waals surface area contributed by atoms with E-state index in [4.69, 9.17) is 0 Å². The van der Waals surface area contributed by atoms with Gasteiger partial charge in [0.2, 0.25) is 0 Å². The fourth-order valence-electron chi connectivity index (χ4n) is 3.24. The summed E-state index contributed by atoms with van der Waals surface area (Å²) in [6.07, 6.45) is 5.64. The maximum Gasteiger partial charge on any atom is 0.269 e. The second kappa shape index (κ2) is 7.59. The number of hydrogen-bond donors (Lipinski definition) is 3. The number of nitrogens with zero attached hydrogens (tertiary/aromatic N) is 3. The van der Waals surface area contributed by atoms with Crippen molar-refractivity contribution in [1.29, 1.82) is 0 Å². The van der Waals surface area contributed by atoms with Crippen LogP contribution in [0.1, 0.15) is 32.1 Å². The molecule has 4 rings (SSSR count). The van der Waals surface area contributed by atoms with E-state index in [1.807, 2.05) is 30.5 Å². The average molecular weight is 388 g/mol. The number of rotatable bonds is 5. The van der Waals surface area contributed by atoms with Crippen LogP contribution in [-0.4, -0.2) is 38.6 Å². The topological polar surface area (TPSA) is 105 Å². The third kappa shape index (κ3) is 3.86. The molecule has 3 aromatic heterocycles. The largest absolute Gasteiger partial charge is 0.361 e. The Morgan fingerprint density at radius 2 is 2.03 bits per heavy atom. The molecule has 0 spiro atoms. The molecular formula is C21H20N6O2. The Bertz CT molecular complexity index is 1210. The van der Waals surface area contributed by atoms with Gasteiger partial charge in [-0.3, -0.25) is 14.3 Å². The Kier molecular flexibility index (Phi) is 4.82. The Morgan fingerprint density at radius 3 is 2.79 bits per heavy atom. The monoisotopic (exact) mass is 388 g/mol. The molecule has 8 nitrogen and oxygen atoms in total. The lowest BCUT2D eigenvalue weighted by atomic mass is 10.0. The van der Waals surface area contributed by atoms with Crippen molar-refractivity contribution in [1.82, 2.24) is 25.1 Å². The van der Waals surface area contributed by atoms with Gasteiger partial charge in [-0.2, -0.15) is 5.10 Å². The maximum absolute atomic E-state index is 12.7. The van der Waals surface area contributed by atoms with Gasteiger partial charge >= 0.3 is 0 Å². The molecule has 4 aromatic rings. The van der Waals surface area contributed by atoms with Gasteiger partial charge < -0.3 is 15.6 Å². The molecule has 8 heteroatoms. The molecule has 146 valence electrons. The molecule has 0 saturated heterocycles. The first-order chi connectivity index (χ1) is 14.0. The number of carbonyl (C=O) groups excluding carboxylic acids is 2. The number of amides is 2. The molecule has 0 aliphatic carbocycles. The lowest BCUT2D eigenvalue weighted by molar-refractivity contribution is 0.0958. The van der Waals surface area contributed by atoms with Gasteiger partial charge in [0, 0.05) is 55.1 Å². The third-order valence-electron chi connectivity index (χ3n) is 4.62. The van der Waals surface area contributed by atoms with Crippen molar-refractivity contribution >= 4 is 28.4 Å². The van der Waals surface area contributed by atoms with Crippen LogP contribution in [0.4, 0.5) is 5.69 Å². The highest BCUT2D eigenvalue weighted by Gasteiger charge is 2.15. The number of nitrogens with one attached hydrogen (secondary N) is 3. The molecule has 0 atom stereocenters. The number of fused-ring (bicyclic) bond motifs is 1. The second-order valence-corrected chi connectivity index (χ2v) is 6.70. The summed E-state index contributed by atoms with van der Waals surface area (Å²) in [6, 6.07) is 11.2. The first-order valence-corrected chi connectivity index (χ1v) is 9.11. The molecule has 0 unspecified atom stereocenters. The van der Waals surface area contributed by atoms with Gasteiger partial charge in [-0.15, -0.1) is 0 Å². The summed E-state index contributed by atoms with van der Waals surface area (Å²) >= 11 is 0. The maximum atomic E-state index is 12.7. The van der Waals surface area contributed by atoms with Crippen LogP contribution in [0, 0.1) is 0 Å². The predicted octanol–water partition coefficient (Wildman–Crippen LogP) is 2.50. The van der Waals surface area contributed by atoms with Crippen LogP contribution < -0.4 is 10.6 Å². The molecule has 0 fully saturated rings. The molecule has 0 saturated carbocycles. The van der Waals surface area contributed by atoms with E-state index in [2.05, 4.69) is 25.7 Å². The highest BCUT2D eigenvalue weighted by atomic mass is 16.2. The molecule has 1 aromatic carbocycles. The van der Waals surface area contributed by atoms with Gasteiger partial charge in [0.15, 0.2) is 0 Å². The molecule has 0 aliphatic rings. The van der Waals surface area contributed by atoms with E-state index in [9.17, 15) is 9.59 Å². The van der Waals surface area contributed by atoms with Crippen LogP contribution in [0.25, 0.3) is 10.9 Å². The lowest BCUT2D eigenvalue weighted by Crippen LogP contribution is -2.21. The highest BCUT2D eigenvalue weighted by molar-refractivity contribution is 6.05. The molecule has 3 N–H and O–H groups in total. The van der Waals surface area contributed by atoms with Crippen LogP contribution in [0.3, 0.4) is 0 Å². The quantitative estimate of drug-likeness (QED) is 0.488. The molecule has 0 radical (unpaired) electrons. The van der Waals surface area contributed by atoms with E-state index in [0.29, 0.717) is 23.4 Å². The van der Waals surface area contributed by atoms with Gasteiger partial charge in [-0.1, -0.05) is 12.1 Å². The summed E-state index contributed by atoms with van der Waals surface area (Å²) < 4.78 is 1.60. The van der Waals surface area contributed by atoms with E-state index in [1.54, 1.807) is 30.2 Å². The van der Waals surface area contributed by atoms with E-state index in [1.165, 1.54) is 13.1 Å². The first-order valence-electron chi connectivity index (χ1n) is 9.11. The smallest absolute Gasteiger partial charge is 0.269 e. The molecule has 2 amide bonds. The van der Waals surface area contributed by atoms with Crippen LogP contribution in [0.15, 0.2) is 55.0 Å². The van der Waals surface area contributed by atoms with E-state index in [-0.39, 0.29) is 17.5 Å². The normalized spacial score (nSPS) is 10.8. The Morgan fingerprint density at radius 1 is 1.17 bits per heavy atom. The van der Waals surface area contributed by atoms with Crippen molar-refractivity contribution in [2.24, 2.45) is 7.05 Å². The number of benzene rings is 1. The Labute approximate surface area is 167 Å². The van der Waals surface area contributed by atoms with Crippen LogP contribution >= 0.6 is 0 Å². The summed E-state index contributed by atoms with van der Waals surface area (Å²) in [5.41, 5.74) is 3.86. The minimum absolute atomic E-state index is 0.197. The molecule has 0 aliphatic heterocycles. The number of aryl methyl sites for hydroxylation is 1. The van der Waals surface area contributed by atoms with Crippen molar-refractivity contribution in [2.75, 3.05) is 12.4 Å². The lowest BCUT2D eigenvalue weighted by Gasteiger charge is -2.09. The number of hydrogen-bond acceptors (Lipinski definition) is 4. The van der Waals surface area contributed by atoms with Crippen LogP contribution in [-0.2, 0) is 13.5 Å². The number of aromatic amines is 1. The zero-order valence-corrected chi connectivity index (χ0v) is 16.1. The van der Waals surface area contributed by atoms with Gasteiger partial charge in [-0.05, 0) is 29.8 Å². The minimum atomic E-state index is -0.345. The molecule has 3 heterocycles. The van der Waals surface area contributed by atoms with E-state index < -0.39 is 0 Å². The van der Waals surface area contributed by atoms with Gasteiger partial charge in [-0.25, -0.2) is 4.98 Å². The standard InChI is InChI=1S/C21H20N6O2/c1-22-21(29)19-10-14(20(28)26-16-11-24-27(2)12-16)9-15(25-19)8-13-4-3-5-18-17(13)6-7-23-18/h3-7,9-12,23H,8H2,1-2H3,(H,22,29)(H,26,28).